The van der Waals surface area contributed by atoms with E-state index in [1.165, 1.54) is 17.5 Å². The summed E-state index contributed by atoms with van der Waals surface area (Å²) in [7, 11) is 0. The van der Waals surface area contributed by atoms with Crippen molar-refractivity contribution in [3.8, 4) is 5.75 Å². The van der Waals surface area contributed by atoms with E-state index in [1.54, 1.807) is 0 Å². The highest BCUT2D eigenvalue weighted by atomic mass is 16.5. The standard InChI is InChI=1S/C14H23NO/c1-4-6-9-16-14-8-7-12(3)10-13(14)11-15-5-2/h7-8,10,15H,4-6,9,11H2,1-3H3. The molecule has 0 aliphatic rings. The minimum Gasteiger partial charge on any atom is -0.493 e. The maximum Gasteiger partial charge on any atom is 0.123 e. The first-order valence-corrected chi connectivity index (χ1v) is 6.21. The van der Waals surface area contributed by atoms with Crippen LogP contribution in [-0.2, 0) is 6.54 Å². The maximum absolute atomic E-state index is 5.79. The Morgan fingerprint density at radius 3 is 2.75 bits per heavy atom. The predicted molar refractivity (Wildman–Crippen MR) is 69.0 cm³/mol. The van der Waals surface area contributed by atoms with Crippen molar-refractivity contribution in [1.82, 2.24) is 5.32 Å². The van der Waals surface area contributed by atoms with E-state index in [4.69, 9.17) is 4.74 Å². The molecule has 1 rings (SSSR count). The molecule has 0 unspecified atom stereocenters. The Bertz CT molecular complexity index is 310. The van der Waals surface area contributed by atoms with Gasteiger partial charge in [-0.15, -0.1) is 0 Å². The molecule has 0 radical (unpaired) electrons. The van der Waals surface area contributed by atoms with Gasteiger partial charge in [-0.3, -0.25) is 0 Å². The van der Waals surface area contributed by atoms with Crippen molar-refractivity contribution in [2.75, 3.05) is 13.2 Å². The Kier molecular flexibility index (Phi) is 5.94. The van der Waals surface area contributed by atoms with E-state index in [1.807, 2.05) is 0 Å². The Labute approximate surface area is 99.0 Å². The summed E-state index contributed by atoms with van der Waals surface area (Å²) in [5, 5.41) is 3.34. The smallest absolute Gasteiger partial charge is 0.123 e. The highest BCUT2D eigenvalue weighted by molar-refractivity contribution is 5.36. The van der Waals surface area contributed by atoms with Crippen molar-refractivity contribution in [2.24, 2.45) is 0 Å². The number of unbranched alkanes of at least 4 members (excludes halogenated alkanes) is 1. The van der Waals surface area contributed by atoms with Crippen LogP contribution in [0, 0.1) is 6.92 Å². The van der Waals surface area contributed by atoms with Crippen molar-refractivity contribution in [3.05, 3.63) is 29.3 Å². The molecule has 1 aromatic rings. The molecule has 90 valence electrons. The molecule has 2 nitrogen and oxygen atoms in total. The molecule has 0 aromatic heterocycles. The third kappa shape index (κ3) is 4.23. The van der Waals surface area contributed by atoms with E-state index in [2.05, 4.69) is 44.3 Å². The summed E-state index contributed by atoms with van der Waals surface area (Å²) in [5.41, 5.74) is 2.55. The topological polar surface area (TPSA) is 21.3 Å². The van der Waals surface area contributed by atoms with E-state index < -0.39 is 0 Å². The molecular weight excluding hydrogens is 198 g/mol. The lowest BCUT2D eigenvalue weighted by Crippen LogP contribution is -2.13. The number of aryl methyl sites for hydroxylation is 1. The van der Waals surface area contributed by atoms with Crippen molar-refractivity contribution in [3.63, 3.8) is 0 Å². The van der Waals surface area contributed by atoms with Gasteiger partial charge in [0.2, 0.25) is 0 Å². The van der Waals surface area contributed by atoms with Gasteiger partial charge >= 0.3 is 0 Å². The number of rotatable bonds is 7. The lowest BCUT2D eigenvalue weighted by molar-refractivity contribution is 0.305. The monoisotopic (exact) mass is 221 g/mol. The molecule has 0 amide bonds. The molecule has 1 N–H and O–H groups in total. The van der Waals surface area contributed by atoms with Crippen LogP contribution in [0.3, 0.4) is 0 Å². The Morgan fingerprint density at radius 1 is 1.25 bits per heavy atom. The fourth-order valence-corrected chi connectivity index (χ4v) is 1.57. The fourth-order valence-electron chi connectivity index (χ4n) is 1.57. The summed E-state index contributed by atoms with van der Waals surface area (Å²) < 4.78 is 5.79. The first kappa shape index (κ1) is 13.0. The summed E-state index contributed by atoms with van der Waals surface area (Å²) >= 11 is 0. The van der Waals surface area contributed by atoms with Crippen molar-refractivity contribution < 1.29 is 4.74 Å². The van der Waals surface area contributed by atoms with Gasteiger partial charge in [-0.05, 0) is 26.0 Å². The van der Waals surface area contributed by atoms with Gasteiger partial charge in [0.15, 0.2) is 0 Å². The number of hydrogen-bond acceptors (Lipinski definition) is 2. The molecule has 0 heterocycles. The molecule has 2 heteroatoms. The molecule has 0 saturated heterocycles. The van der Waals surface area contributed by atoms with Crippen LogP contribution in [0.4, 0.5) is 0 Å². The molecule has 0 bridgehead atoms. The second kappa shape index (κ2) is 7.29. The van der Waals surface area contributed by atoms with Gasteiger partial charge < -0.3 is 10.1 Å². The van der Waals surface area contributed by atoms with Crippen molar-refractivity contribution >= 4 is 0 Å². The second-order valence-corrected chi connectivity index (χ2v) is 4.09. The number of nitrogens with one attached hydrogen (secondary N) is 1. The van der Waals surface area contributed by atoms with Gasteiger partial charge in [0.05, 0.1) is 6.61 Å². The van der Waals surface area contributed by atoms with Crippen LogP contribution in [0.15, 0.2) is 18.2 Å². The van der Waals surface area contributed by atoms with E-state index in [0.717, 1.165) is 31.9 Å². The molecule has 0 saturated carbocycles. The first-order chi connectivity index (χ1) is 7.77. The van der Waals surface area contributed by atoms with Crippen LogP contribution in [-0.4, -0.2) is 13.2 Å². The molecule has 1 aromatic carbocycles. The highest BCUT2D eigenvalue weighted by Crippen LogP contribution is 2.20. The summed E-state index contributed by atoms with van der Waals surface area (Å²) in [6, 6.07) is 6.39. The minimum atomic E-state index is 0.818. The van der Waals surface area contributed by atoms with Gasteiger partial charge in [0.25, 0.3) is 0 Å². The summed E-state index contributed by atoms with van der Waals surface area (Å²) in [4.78, 5) is 0. The predicted octanol–water partition coefficient (Wildman–Crippen LogP) is 3.28. The van der Waals surface area contributed by atoms with Gasteiger partial charge in [-0.2, -0.15) is 0 Å². The average molecular weight is 221 g/mol. The Hall–Kier alpha value is -1.02. The summed E-state index contributed by atoms with van der Waals surface area (Å²) in [6.07, 6.45) is 2.29. The summed E-state index contributed by atoms with van der Waals surface area (Å²) in [5.74, 6) is 1.03. The molecule has 0 spiro atoms. The van der Waals surface area contributed by atoms with Crippen LogP contribution in [0.2, 0.25) is 0 Å². The van der Waals surface area contributed by atoms with Gasteiger partial charge in [0, 0.05) is 12.1 Å². The number of benzene rings is 1. The van der Waals surface area contributed by atoms with E-state index >= 15 is 0 Å². The highest BCUT2D eigenvalue weighted by Gasteiger charge is 2.03. The molecule has 16 heavy (non-hydrogen) atoms. The van der Waals surface area contributed by atoms with E-state index in [-0.39, 0.29) is 0 Å². The zero-order valence-corrected chi connectivity index (χ0v) is 10.7. The Morgan fingerprint density at radius 2 is 2.06 bits per heavy atom. The van der Waals surface area contributed by atoms with Crippen LogP contribution >= 0.6 is 0 Å². The normalized spacial score (nSPS) is 10.4. The largest absolute Gasteiger partial charge is 0.493 e. The minimum absolute atomic E-state index is 0.818. The first-order valence-electron chi connectivity index (χ1n) is 6.21. The lowest BCUT2D eigenvalue weighted by Gasteiger charge is -2.12. The summed E-state index contributed by atoms with van der Waals surface area (Å²) in [6.45, 7) is 9.11. The fraction of sp³-hybridized carbons (Fsp3) is 0.571. The molecular formula is C14H23NO. The average Bonchev–Trinajstić information content (AvgIpc) is 2.29. The van der Waals surface area contributed by atoms with Gasteiger partial charge in [0.1, 0.15) is 5.75 Å². The lowest BCUT2D eigenvalue weighted by atomic mass is 10.1. The third-order valence-electron chi connectivity index (χ3n) is 2.54. The zero-order chi connectivity index (χ0) is 11.8. The third-order valence-corrected chi connectivity index (χ3v) is 2.54. The Balaban J connectivity index is 2.64. The molecule has 0 atom stereocenters. The quantitative estimate of drug-likeness (QED) is 0.713. The van der Waals surface area contributed by atoms with Crippen LogP contribution in [0.25, 0.3) is 0 Å². The van der Waals surface area contributed by atoms with E-state index in [9.17, 15) is 0 Å². The zero-order valence-electron chi connectivity index (χ0n) is 10.7. The number of hydrogen-bond donors (Lipinski definition) is 1. The van der Waals surface area contributed by atoms with Crippen LogP contribution in [0.5, 0.6) is 5.75 Å². The van der Waals surface area contributed by atoms with E-state index in [0.29, 0.717) is 0 Å². The molecule has 0 fully saturated rings. The molecule has 0 aliphatic carbocycles. The van der Waals surface area contributed by atoms with Crippen molar-refractivity contribution in [2.45, 2.75) is 40.2 Å². The number of ether oxygens (including phenoxy) is 1. The van der Waals surface area contributed by atoms with Crippen molar-refractivity contribution in [1.29, 1.82) is 0 Å². The van der Waals surface area contributed by atoms with Gasteiger partial charge in [-0.1, -0.05) is 38.0 Å². The maximum atomic E-state index is 5.79. The second-order valence-electron chi connectivity index (χ2n) is 4.09. The van der Waals surface area contributed by atoms with Crippen LogP contribution in [0.1, 0.15) is 37.8 Å². The van der Waals surface area contributed by atoms with Gasteiger partial charge in [-0.25, -0.2) is 0 Å². The SMILES string of the molecule is CCCCOc1ccc(C)cc1CNCC. The molecule has 0 aliphatic heterocycles. The van der Waals surface area contributed by atoms with Crippen LogP contribution < -0.4 is 10.1 Å².